The third-order valence-electron chi connectivity index (χ3n) is 3.36. The van der Waals surface area contributed by atoms with Crippen molar-refractivity contribution in [3.8, 4) is 0 Å². The highest BCUT2D eigenvalue weighted by atomic mass is 35.5. The minimum Gasteiger partial charge on any atom is -0.347 e. The van der Waals surface area contributed by atoms with Crippen LogP contribution < -0.4 is 10.6 Å². The van der Waals surface area contributed by atoms with E-state index in [9.17, 15) is 4.79 Å². The Labute approximate surface area is 117 Å². The zero-order valence-electron chi connectivity index (χ0n) is 10.7. The molecule has 1 saturated heterocycles. The largest absolute Gasteiger partial charge is 0.347 e. The van der Waals surface area contributed by atoms with Gasteiger partial charge in [0.25, 0.3) is 0 Å². The van der Waals surface area contributed by atoms with Crippen LogP contribution in [0.25, 0.3) is 0 Å². The van der Waals surface area contributed by atoms with Gasteiger partial charge in [-0.1, -0.05) is 18.5 Å². The van der Waals surface area contributed by atoms with Crippen LogP contribution in [0.1, 0.15) is 37.6 Å². The van der Waals surface area contributed by atoms with Gasteiger partial charge in [0.05, 0.1) is 16.4 Å². The number of carbonyl (C=O) groups excluding carboxylic acids is 1. The van der Waals surface area contributed by atoms with Gasteiger partial charge in [-0.3, -0.25) is 4.79 Å². The fourth-order valence-electron chi connectivity index (χ4n) is 2.25. The van der Waals surface area contributed by atoms with Gasteiger partial charge in [0, 0.05) is 4.88 Å². The summed E-state index contributed by atoms with van der Waals surface area (Å²) in [5.74, 6) is 0.715. The molecule has 100 valence electrons. The summed E-state index contributed by atoms with van der Waals surface area (Å²) in [4.78, 5) is 13.2. The Bertz CT molecular complexity index is 421. The molecule has 1 aliphatic rings. The van der Waals surface area contributed by atoms with E-state index in [4.69, 9.17) is 11.6 Å². The topological polar surface area (TPSA) is 41.1 Å². The Balaban J connectivity index is 1.90. The molecule has 2 N–H and O–H groups in total. The van der Waals surface area contributed by atoms with E-state index in [-0.39, 0.29) is 18.0 Å². The number of thiophene rings is 1. The van der Waals surface area contributed by atoms with Gasteiger partial charge in [0.1, 0.15) is 0 Å². The molecule has 0 bridgehead atoms. The zero-order valence-corrected chi connectivity index (χ0v) is 12.3. The summed E-state index contributed by atoms with van der Waals surface area (Å²) in [6.45, 7) is 5.12. The van der Waals surface area contributed by atoms with Crippen molar-refractivity contribution in [2.75, 3.05) is 6.54 Å². The monoisotopic (exact) mass is 286 g/mol. The lowest BCUT2D eigenvalue weighted by molar-refractivity contribution is -0.124. The van der Waals surface area contributed by atoms with Crippen molar-refractivity contribution >= 4 is 28.8 Å². The van der Waals surface area contributed by atoms with Crippen LogP contribution in [0.15, 0.2) is 12.1 Å². The van der Waals surface area contributed by atoms with E-state index in [1.54, 1.807) is 0 Å². The maximum absolute atomic E-state index is 12.1. The van der Waals surface area contributed by atoms with E-state index in [0.29, 0.717) is 5.92 Å². The molecule has 1 aliphatic heterocycles. The van der Waals surface area contributed by atoms with Crippen molar-refractivity contribution in [3.05, 3.63) is 21.3 Å². The standard InChI is InChI=1S/C13H19ClN2OS/c1-8-5-6-15-10(7-8)13(17)16-9(2)11-3-4-12(14)18-11/h3-4,8-10,15H,5-7H2,1-2H3,(H,16,17). The molecule has 3 nitrogen and oxygen atoms in total. The molecule has 1 aromatic heterocycles. The molecule has 0 spiro atoms. The zero-order chi connectivity index (χ0) is 13.1. The smallest absolute Gasteiger partial charge is 0.237 e. The lowest BCUT2D eigenvalue weighted by Gasteiger charge is -2.28. The Morgan fingerprint density at radius 3 is 3.00 bits per heavy atom. The summed E-state index contributed by atoms with van der Waals surface area (Å²) in [7, 11) is 0. The molecular weight excluding hydrogens is 268 g/mol. The first-order valence-corrected chi connectivity index (χ1v) is 7.54. The average Bonchev–Trinajstić information content (AvgIpc) is 2.76. The van der Waals surface area contributed by atoms with Crippen molar-refractivity contribution < 1.29 is 4.79 Å². The summed E-state index contributed by atoms with van der Waals surface area (Å²) < 4.78 is 0.760. The molecule has 2 rings (SSSR count). The van der Waals surface area contributed by atoms with Crippen molar-refractivity contribution in [1.29, 1.82) is 0 Å². The number of nitrogens with one attached hydrogen (secondary N) is 2. The Morgan fingerprint density at radius 1 is 1.61 bits per heavy atom. The second kappa shape index (κ2) is 6.04. The number of amides is 1. The van der Waals surface area contributed by atoms with Gasteiger partial charge in [0.15, 0.2) is 0 Å². The Morgan fingerprint density at radius 2 is 2.39 bits per heavy atom. The predicted octanol–water partition coefficient (Wildman–Crippen LogP) is 2.97. The molecule has 0 radical (unpaired) electrons. The summed E-state index contributed by atoms with van der Waals surface area (Å²) >= 11 is 7.42. The number of rotatable bonds is 3. The quantitative estimate of drug-likeness (QED) is 0.897. The van der Waals surface area contributed by atoms with E-state index in [0.717, 1.165) is 28.6 Å². The first-order chi connectivity index (χ1) is 8.56. The van der Waals surface area contributed by atoms with Crippen LogP contribution in [0, 0.1) is 5.92 Å². The highest BCUT2D eigenvalue weighted by molar-refractivity contribution is 7.16. The van der Waals surface area contributed by atoms with Crippen LogP contribution in [-0.2, 0) is 4.79 Å². The van der Waals surface area contributed by atoms with Crippen LogP contribution in [0.2, 0.25) is 4.34 Å². The molecule has 1 amide bonds. The Hall–Kier alpha value is -0.580. The van der Waals surface area contributed by atoms with E-state index in [2.05, 4.69) is 17.6 Å². The second-order valence-corrected chi connectivity index (χ2v) is 6.76. The molecule has 1 aromatic rings. The summed E-state index contributed by atoms with van der Waals surface area (Å²) in [6, 6.07) is 3.81. The molecule has 3 atom stereocenters. The summed E-state index contributed by atoms with van der Waals surface area (Å²) in [5.41, 5.74) is 0. The van der Waals surface area contributed by atoms with Crippen molar-refractivity contribution in [3.63, 3.8) is 0 Å². The normalized spacial score (nSPS) is 25.7. The lowest BCUT2D eigenvalue weighted by atomic mass is 9.94. The molecule has 2 heterocycles. The van der Waals surface area contributed by atoms with Gasteiger partial charge in [-0.25, -0.2) is 0 Å². The highest BCUT2D eigenvalue weighted by Crippen LogP contribution is 2.27. The SMILES string of the molecule is CC1CCNC(C(=O)NC(C)c2ccc(Cl)s2)C1. The molecule has 18 heavy (non-hydrogen) atoms. The lowest BCUT2D eigenvalue weighted by Crippen LogP contribution is -2.48. The molecule has 5 heteroatoms. The first-order valence-electron chi connectivity index (χ1n) is 6.35. The Kier molecular flexibility index (Phi) is 4.65. The third kappa shape index (κ3) is 3.46. The van der Waals surface area contributed by atoms with E-state index < -0.39 is 0 Å². The van der Waals surface area contributed by atoms with Crippen LogP contribution in [-0.4, -0.2) is 18.5 Å². The molecule has 0 aliphatic carbocycles. The minimum absolute atomic E-state index is 0.0223. The van der Waals surface area contributed by atoms with Crippen molar-refractivity contribution in [2.24, 2.45) is 5.92 Å². The number of hydrogen-bond donors (Lipinski definition) is 2. The maximum atomic E-state index is 12.1. The summed E-state index contributed by atoms with van der Waals surface area (Å²) in [6.07, 6.45) is 2.07. The number of hydrogen-bond acceptors (Lipinski definition) is 3. The van der Waals surface area contributed by atoms with Crippen molar-refractivity contribution in [2.45, 2.75) is 38.8 Å². The fraction of sp³-hybridized carbons (Fsp3) is 0.615. The van der Waals surface area contributed by atoms with Gasteiger partial charge in [0.2, 0.25) is 5.91 Å². The number of halogens is 1. The van der Waals surface area contributed by atoms with Crippen LogP contribution >= 0.6 is 22.9 Å². The van der Waals surface area contributed by atoms with Gasteiger partial charge in [-0.05, 0) is 44.4 Å². The van der Waals surface area contributed by atoms with Gasteiger partial charge in [-0.2, -0.15) is 0 Å². The fourth-order valence-corrected chi connectivity index (χ4v) is 3.32. The van der Waals surface area contributed by atoms with Crippen LogP contribution in [0.3, 0.4) is 0 Å². The number of piperidine rings is 1. The van der Waals surface area contributed by atoms with Crippen molar-refractivity contribution in [1.82, 2.24) is 10.6 Å². The van der Waals surface area contributed by atoms with E-state index in [1.807, 2.05) is 19.1 Å². The number of carbonyl (C=O) groups is 1. The third-order valence-corrected chi connectivity index (χ3v) is 4.78. The van der Waals surface area contributed by atoms with E-state index in [1.165, 1.54) is 11.3 Å². The molecule has 0 aromatic carbocycles. The molecular formula is C13H19ClN2OS. The van der Waals surface area contributed by atoms with Gasteiger partial charge in [-0.15, -0.1) is 11.3 Å². The van der Waals surface area contributed by atoms with Gasteiger partial charge < -0.3 is 10.6 Å². The van der Waals surface area contributed by atoms with E-state index >= 15 is 0 Å². The van der Waals surface area contributed by atoms with Crippen LogP contribution in [0.5, 0.6) is 0 Å². The maximum Gasteiger partial charge on any atom is 0.237 e. The average molecular weight is 287 g/mol. The molecule has 3 unspecified atom stereocenters. The van der Waals surface area contributed by atoms with Gasteiger partial charge >= 0.3 is 0 Å². The predicted molar refractivity (Wildman–Crippen MR) is 76.1 cm³/mol. The minimum atomic E-state index is -0.0494. The second-order valence-electron chi connectivity index (χ2n) is 5.01. The highest BCUT2D eigenvalue weighted by Gasteiger charge is 2.25. The molecule has 1 fully saturated rings. The van der Waals surface area contributed by atoms with Crippen LogP contribution in [0.4, 0.5) is 0 Å². The first kappa shape index (κ1) is 13.8. The molecule has 0 saturated carbocycles. The summed E-state index contributed by atoms with van der Waals surface area (Å²) in [5, 5.41) is 6.33.